The number of sulfone groups is 1. The minimum atomic E-state index is -2.77. The first kappa shape index (κ1) is 13.0. The fraction of sp³-hybridized carbons (Fsp3) is 1.00. The molecule has 0 spiro atoms. The van der Waals surface area contributed by atoms with Crippen molar-refractivity contribution in [2.24, 2.45) is 5.92 Å². The Morgan fingerprint density at radius 2 is 2.07 bits per heavy atom. The van der Waals surface area contributed by atoms with E-state index < -0.39 is 9.84 Å². The van der Waals surface area contributed by atoms with Crippen molar-refractivity contribution in [1.82, 2.24) is 5.32 Å². The lowest BCUT2D eigenvalue weighted by molar-refractivity contribution is 0.428. The van der Waals surface area contributed by atoms with Crippen molar-refractivity contribution < 1.29 is 8.42 Å². The van der Waals surface area contributed by atoms with E-state index in [-0.39, 0.29) is 5.75 Å². The van der Waals surface area contributed by atoms with E-state index in [2.05, 4.69) is 12.2 Å². The van der Waals surface area contributed by atoms with E-state index in [1.165, 1.54) is 19.3 Å². The van der Waals surface area contributed by atoms with E-state index in [9.17, 15) is 8.42 Å². The zero-order chi connectivity index (χ0) is 11.3. The summed E-state index contributed by atoms with van der Waals surface area (Å²) in [5, 5.41) is 3.46. The minimum Gasteiger partial charge on any atom is -0.314 e. The highest BCUT2D eigenvalue weighted by Gasteiger charge is 2.22. The van der Waals surface area contributed by atoms with Crippen molar-refractivity contribution in [3.8, 4) is 0 Å². The van der Waals surface area contributed by atoms with Crippen LogP contribution in [-0.4, -0.2) is 32.5 Å². The molecule has 0 aromatic carbocycles. The highest BCUT2D eigenvalue weighted by atomic mass is 32.2. The fourth-order valence-corrected chi connectivity index (χ4v) is 3.05. The van der Waals surface area contributed by atoms with Gasteiger partial charge in [-0.1, -0.05) is 20.3 Å². The molecule has 1 rings (SSSR count). The maximum atomic E-state index is 11.2. The monoisotopic (exact) mass is 233 g/mol. The van der Waals surface area contributed by atoms with E-state index in [4.69, 9.17) is 0 Å². The molecule has 0 saturated heterocycles. The summed E-state index contributed by atoms with van der Waals surface area (Å²) in [7, 11) is -2.77. The Morgan fingerprint density at radius 3 is 2.60 bits per heavy atom. The summed E-state index contributed by atoms with van der Waals surface area (Å²) >= 11 is 0. The van der Waals surface area contributed by atoms with Gasteiger partial charge >= 0.3 is 0 Å². The highest BCUT2D eigenvalue weighted by molar-refractivity contribution is 7.91. The molecule has 1 aliphatic carbocycles. The molecule has 1 saturated carbocycles. The van der Waals surface area contributed by atoms with E-state index in [1.54, 1.807) is 6.92 Å². The molecule has 0 radical (unpaired) electrons. The van der Waals surface area contributed by atoms with Gasteiger partial charge in [0.05, 0.1) is 5.75 Å². The van der Waals surface area contributed by atoms with Gasteiger partial charge in [0.2, 0.25) is 0 Å². The summed E-state index contributed by atoms with van der Waals surface area (Å²) < 4.78 is 22.5. The van der Waals surface area contributed by atoms with Gasteiger partial charge in [-0.2, -0.15) is 0 Å². The van der Waals surface area contributed by atoms with Crippen LogP contribution in [0.25, 0.3) is 0 Å². The number of nitrogens with one attached hydrogen (secondary N) is 1. The Balaban J connectivity index is 2.12. The second-order valence-electron chi connectivity index (χ2n) is 4.56. The lowest BCUT2D eigenvalue weighted by atomic mass is 10.1. The molecule has 0 amide bonds. The third-order valence-electron chi connectivity index (χ3n) is 3.34. The van der Waals surface area contributed by atoms with Crippen LogP contribution < -0.4 is 5.32 Å². The average molecular weight is 233 g/mol. The molecule has 15 heavy (non-hydrogen) atoms. The molecule has 90 valence electrons. The van der Waals surface area contributed by atoms with E-state index >= 15 is 0 Å². The highest BCUT2D eigenvalue weighted by Crippen LogP contribution is 2.24. The zero-order valence-corrected chi connectivity index (χ0v) is 10.6. The van der Waals surface area contributed by atoms with Gasteiger partial charge in [-0.05, 0) is 31.7 Å². The van der Waals surface area contributed by atoms with Crippen LogP contribution in [-0.2, 0) is 9.84 Å². The largest absolute Gasteiger partial charge is 0.314 e. The predicted molar refractivity (Wildman–Crippen MR) is 63.8 cm³/mol. The Bertz CT molecular complexity index is 274. The van der Waals surface area contributed by atoms with Crippen LogP contribution in [0, 0.1) is 5.92 Å². The van der Waals surface area contributed by atoms with Crippen LogP contribution >= 0.6 is 0 Å². The van der Waals surface area contributed by atoms with E-state index in [1.807, 2.05) is 0 Å². The summed E-state index contributed by atoms with van der Waals surface area (Å²) in [5.41, 5.74) is 0. The van der Waals surface area contributed by atoms with Crippen molar-refractivity contribution in [2.45, 2.75) is 45.6 Å². The average Bonchev–Trinajstić information content (AvgIpc) is 2.59. The van der Waals surface area contributed by atoms with Crippen LogP contribution in [0.15, 0.2) is 0 Å². The quantitative estimate of drug-likeness (QED) is 0.709. The lowest BCUT2D eigenvalue weighted by Gasteiger charge is -2.16. The second-order valence-corrected chi connectivity index (χ2v) is 7.03. The van der Waals surface area contributed by atoms with Crippen molar-refractivity contribution in [3.63, 3.8) is 0 Å². The fourth-order valence-electron chi connectivity index (χ4n) is 2.17. The van der Waals surface area contributed by atoms with Gasteiger partial charge in [0.25, 0.3) is 0 Å². The van der Waals surface area contributed by atoms with Crippen molar-refractivity contribution >= 4 is 9.84 Å². The third-order valence-corrected chi connectivity index (χ3v) is 5.13. The molecule has 1 aliphatic rings. The molecule has 0 heterocycles. The summed E-state index contributed by atoms with van der Waals surface area (Å²) in [6.07, 6.45) is 4.62. The summed E-state index contributed by atoms with van der Waals surface area (Å²) in [4.78, 5) is 0. The van der Waals surface area contributed by atoms with Crippen LogP contribution in [0.2, 0.25) is 0 Å². The van der Waals surface area contributed by atoms with Gasteiger partial charge in [-0.15, -0.1) is 0 Å². The first-order valence-electron chi connectivity index (χ1n) is 5.99. The molecule has 2 unspecified atom stereocenters. The first-order chi connectivity index (χ1) is 7.05. The van der Waals surface area contributed by atoms with Crippen molar-refractivity contribution in [3.05, 3.63) is 0 Å². The van der Waals surface area contributed by atoms with Crippen molar-refractivity contribution in [2.75, 3.05) is 18.1 Å². The van der Waals surface area contributed by atoms with Crippen LogP contribution in [0.5, 0.6) is 0 Å². The van der Waals surface area contributed by atoms with Crippen molar-refractivity contribution in [1.29, 1.82) is 0 Å². The molecule has 4 heteroatoms. The van der Waals surface area contributed by atoms with Crippen LogP contribution in [0.4, 0.5) is 0 Å². The summed E-state index contributed by atoms with van der Waals surface area (Å²) in [6.45, 7) is 4.82. The Morgan fingerprint density at radius 1 is 1.33 bits per heavy atom. The van der Waals surface area contributed by atoms with Crippen LogP contribution in [0.1, 0.15) is 39.5 Å². The molecular weight excluding hydrogens is 210 g/mol. The molecule has 0 aliphatic heterocycles. The second kappa shape index (κ2) is 5.85. The van der Waals surface area contributed by atoms with Gasteiger partial charge < -0.3 is 5.32 Å². The van der Waals surface area contributed by atoms with E-state index in [0.29, 0.717) is 11.8 Å². The molecule has 0 aromatic rings. The van der Waals surface area contributed by atoms with E-state index in [0.717, 1.165) is 18.9 Å². The molecule has 0 aromatic heterocycles. The maximum absolute atomic E-state index is 11.2. The van der Waals surface area contributed by atoms with Gasteiger partial charge in [0.15, 0.2) is 0 Å². The first-order valence-corrected chi connectivity index (χ1v) is 7.81. The molecule has 3 nitrogen and oxygen atoms in total. The van der Waals surface area contributed by atoms with Gasteiger partial charge in [0.1, 0.15) is 9.84 Å². The number of rotatable bonds is 6. The third kappa shape index (κ3) is 4.51. The lowest BCUT2D eigenvalue weighted by Crippen LogP contribution is -2.32. The topological polar surface area (TPSA) is 46.2 Å². The van der Waals surface area contributed by atoms with Gasteiger partial charge in [-0.25, -0.2) is 8.42 Å². The van der Waals surface area contributed by atoms with Gasteiger partial charge in [-0.3, -0.25) is 0 Å². The number of hydrogen-bond donors (Lipinski definition) is 1. The normalized spacial score (nSPS) is 27.1. The SMILES string of the molecule is CCS(=O)(=O)CCCNC1CCCC1C. The molecule has 0 bridgehead atoms. The molecule has 2 atom stereocenters. The molecule has 1 N–H and O–H groups in total. The smallest absolute Gasteiger partial charge is 0.150 e. The Hall–Kier alpha value is -0.0900. The van der Waals surface area contributed by atoms with Gasteiger partial charge in [0, 0.05) is 11.8 Å². The zero-order valence-electron chi connectivity index (χ0n) is 9.83. The minimum absolute atomic E-state index is 0.271. The standard InChI is InChI=1S/C11H23NO2S/c1-3-15(13,14)9-5-8-12-11-7-4-6-10(11)2/h10-12H,3-9H2,1-2H3. The molecular formula is C11H23NO2S. The summed E-state index contributed by atoms with van der Waals surface area (Å²) in [5.74, 6) is 1.36. The Labute approximate surface area is 93.6 Å². The van der Waals surface area contributed by atoms with Crippen LogP contribution in [0.3, 0.4) is 0 Å². The maximum Gasteiger partial charge on any atom is 0.150 e. The number of hydrogen-bond acceptors (Lipinski definition) is 3. The Kier molecular flexibility index (Phi) is 5.06. The summed E-state index contributed by atoms with van der Waals surface area (Å²) in [6, 6.07) is 0.620. The predicted octanol–water partition coefficient (Wildman–Crippen LogP) is 1.59. The molecule has 1 fully saturated rings.